The topological polar surface area (TPSA) is 87.1 Å². The van der Waals surface area contributed by atoms with Crippen molar-refractivity contribution < 1.29 is 18.5 Å². The quantitative estimate of drug-likeness (QED) is 0.395. The zero-order valence-electron chi connectivity index (χ0n) is 28.0. The van der Waals surface area contributed by atoms with E-state index in [2.05, 4.69) is 58.2 Å². The number of hydrogen-bond acceptors (Lipinski definition) is 5. The summed E-state index contributed by atoms with van der Waals surface area (Å²) >= 11 is -1.63. The lowest BCUT2D eigenvalue weighted by molar-refractivity contribution is -0.141. The Bertz CT molecular complexity index is 1720. The molecular formula is C36H47N5O4S. The molecule has 4 aliphatic rings. The minimum absolute atomic E-state index is 0.0959. The van der Waals surface area contributed by atoms with Gasteiger partial charge in [-0.1, -0.05) is 25.3 Å². The van der Waals surface area contributed by atoms with Crippen molar-refractivity contribution in [2.75, 3.05) is 41.3 Å². The zero-order chi connectivity index (χ0) is 32.5. The number of methoxy groups -OCH3 is 1. The maximum atomic E-state index is 14.8. The Balaban J connectivity index is 1.42. The summed E-state index contributed by atoms with van der Waals surface area (Å²) in [5, 5.41) is 1.15. The molecule has 46 heavy (non-hydrogen) atoms. The summed E-state index contributed by atoms with van der Waals surface area (Å²) in [6, 6.07) is 12.9. The van der Waals surface area contributed by atoms with Crippen molar-refractivity contribution in [2.24, 2.45) is 5.41 Å². The molecule has 3 fully saturated rings. The van der Waals surface area contributed by atoms with Crippen molar-refractivity contribution in [3.05, 3.63) is 53.1 Å². The van der Waals surface area contributed by atoms with E-state index < -0.39 is 16.6 Å². The number of carbonyl (C=O) groups is 2. The fraction of sp³-hybridized carbons (Fsp3) is 0.556. The standard InChI is InChI=1S/C36H47N5O4S/c1-22-19-40(20-23(2)39(22)5)35(43)36-18-30(36)29-17-26(45-6)13-15-27(29)33-32(24-10-8-7-9-11-24)28-14-12-25(16-31(28)41(33)21-36)34(42)37-46(44)38(3)4/h12-17,22-24,30H,7-11,18-21H2,1-6H3,(H,37,42)/t22-,23+,30?,36?,46?. The van der Waals surface area contributed by atoms with Crippen molar-refractivity contribution in [3.8, 4) is 17.0 Å². The molecule has 2 saturated carbocycles. The Kier molecular flexibility index (Phi) is 8.05. The Labute approximate surface area is 275 Å². The molecule has 0 radical (unpaired) electrons. The van der Waals surface area contributed by atoms with Crippen molar-refractivity contribution in [1.82, 2.24) is 23.4 Å². The minimum atomic E-state index is -1.63. The third kappa shape index (κ3) is 5.08. The molecule has 1 aromatic heterocycles. The van der Waals surface area contributed by atoms with Crippen molar-refractivity contribution in [3.63, 3.8) is 0 Å². The summed E-state index contributed by atoms with van der Waals surface area (Å²) in [6.45, 7) is 6.41. The highest BCUT2D eigenvalue weighted by Crippen LogP contribution is 2.66. The Morgan fingerprint density at radius 2 is 1.74 bits per heavy atom. The van der Waals surface area contributed by atoms with Gasteiger partial charge in [0.15, 0.2) is 11.2 Å². The van der Waals surface area contributed by atoms with Crippen LogP contribution in [0.4, 0.5) is 0 Å². The molecule has 3 heterocycles. The van der Waals surface area contributed by atoms with Gasteiger partial charge in [0, 0.05) is 73.8 Å². The van der Waals surface area contributed by atoms with Crippen LogP contribution in [-0.4, -0.2) is 88.1 Å². The second kappa shape index (κ2) is 11.8. The first-order valence-electron chi connectivity index (χ1n) is 16.8. The van der Waals surface area contributed by atoms with Crippen LogP contribution >= 0.6 is 0 Å². The zero-order valence-corrected chi connectivity index (χ0v) is 28.8. The van der Waals surface area contributed by atoms with E-state index in [1.165, 1.54) is 46.0 Å². The van der Waals surface area contributed by atoms with Gasteiger partial charge in [-0.25, -0.2) is 8.51 Å². The van der Waals surface area contributed by atoms with Crippen molar-refractivity contribution in [1.29, 1.82) is 0 Å². The van der Waals surface area contributed by atoms with E-state index in [1.54, 1.807) is 21.2 Å². The molecule has 1 saturated heterocycles. The molecule has 2 amide bonds. The second-order valence-corrected chi connectivity index (χ2v) is 15.8. The summed E-state index contributed by atoms with van der Waals surface area (Å²) in [4.78, 5) is 32.6. The summed E-state index contributed by atoms with van der Waals surface area (Å²) in [5.74, 6) is 1.17. The van der Waals surface area contributed by atoms with Crippen LogP contribution in [0.5, 0.6) is 5.75 Å². The largest absolute Gasteiger partial charge is 0.497 e. The number of aromatic nitrogens is 1. The summed E-state index contributed by atoms with van der Waals surface area (Å²) < 4.78 is 24.7. The molecule has 2 aliphatic heterocycles. The predicted octanol–water partition coefficient (Wildman–Crippen LogP) is 5.27. The van der Waals surface area contributed by atoms with Gasteiger partial charge in [-0.15, -0.1) is 0 Å². The molecule has 9 nitrogen and oxygen atoms in total. The molecule has 2 aromatic carbocycles. The number of nitrogens with zero attached hydrogens (tertiary/aromatic N) is 4. The molecular weight excluding hydrogens is 598 g/mol. The van der Waals surface area contributed by atoms with E-state index in [1.807, 2.05) is 18.2 Å². The molecule has 3 aromatic rings. The lowest BCUT2D eigenvalue weighted by Gasteiger charge is -2.43. The average Bonchev–Trinajstić information content (AvgIpc) is 3.72. The van der Waals surface area contributed by atoms with Crippen molar-refractivity contribution in [2.45, 2.75) is 82.8 Å². The number of likely N-dealkylation sites (N-methyl/N-ethyl adjacent to an activating group) is 1. The minimum Gasteiger partial charge on any atom is -0.497 e. The number of hydrogen-bond donors (Lipinski definition) is 1. The van der Waals surface area contributed by atoms with Gasteiger partial charge >= 0.3 is 0 Å². The van der Waals surface area contributed by atoms with Crippen LogP contribution in [0.3, 0.4) is 0 Å². The van der Waals surface area contributed by atoms with Gasteiger partial charge in [0.05, 0.1) is 18.2 Å². The first-order chi connectivity index (χ1) is 22.0. The molecule has 3 unspecified atom stereocenters. The number of amides is 2. The maximum Gasteiger partial charge on any atom is 0.264 e. The number of fused-ring (bicyclic) bond motifs is 7. The lowest BCUT2D eigenvalue weighted by Crippen LogP contribution is -2.58. The number of ether oxygens (including phenoxy) is 1. The molecule has 246 valence electrons. The highest BCUT2D eigenvalue weighted by atomic mass is 32.2. The van der Waals surface area contributed by atoms with E-state index in [0.29, 0.717) is 18.0 Å². The molecule has 1 N–H and O–H groups in total. The average molecular weight is 646 g/mol. The van der Waals surface area contributed by atoms with Gasteiger partial charge in [-0.3, -0.25) is 19.2 Å². The number of benzene rings is 2. The molecule has 7 rings (SSSR count). The van der Waals surface area contributed by atoms with Crippen LogP contribution in [0, 0.1) is 5.41 Å². The fourth-order valence-corrected chi connectivity index (χ4v) is 9.00. The Hall–Kier alpha value is -3.21. The van der Waals surface area contributed by atoms with E-state index in [9.17, 15) is 13.8 Å². The molecule has 0 bridgehead atoms. The third-order valence-electron chi connectivity index (χ3n) is 11.4. The monoisotopic (exact) mass is 645 g/mol. The molecule has 5 atom stereocenters. The van der Waals surface area contributed by atoms with Crippen molar-refractivity contribution >= 4 is 33.9 Å². The maximum absolute atomic E-state index is 14.8. The molecule has 0 spiro atoms. The van der Waals surface area contributed by atoms with Crippen LogP contribution in [0.15, 0.2) is 36.4 Å². The SMILES string of the molecule is COc1ccc2c(c1)C1CC1(C(=O)N1C[C@@H](C)N(C)[C@@H](C)C1)Cn1c-2c(C2CCCCC2)c2ccc(C(=O)NS(=O)N(C)C)cc21. The van der Waals surface area contributed by atoms with Gasteiger partial charge in [0.25, 0.3) is 5.91 Å². The normalized spacial score (nSPS) is 27.0. The predicted molar refractivity (Wildman–Crippen MR) is 182 cm³/mol. The Morgan fingerprint density at radius 1 is 1.02 bits per heavy atom. The smallest absolute Gasteiger partial charge is 0.264 e. The van der Waals surface area contributed by atoms with E-state index in [-0.39, 0.29) is 29.8 Å². The molecule has 2 aliphatic carbocycles. The first-order valence-corrected chi connectivity index (χ1v) is 17.9. The second-order valence-electron chi connectivity index (χ2n) is 14.3. The van der Waals surface area contributed by atoms with E-state index in [0.717, 1.165) is 49.0 Å². The summed E-state index contributed by atoms with van der Waals surface area (Å²) in [5.41, 5.74) is 5.77. The number of nitrogens with one attached hydrogen (secondary N) is 1. The summed E-state index contributed by atoms with van der Waals surface area (Å²) in [7, 11) is 7.19. The van der Waals surface area contributed by atoms with Gasteiger partial charge in [0.1, 0.15) is 5.75 Å². The van der Waals surface area contributed by atoms with Crippen LogP contribution < -0.4 is 9.46 Å². The fourth-order valence-electron chi connectivity index (χ4n) is 8.54. The van der Waals surface area contributed by atoms with Crippen LogP contribution in [0.25, 0.3) is 22.2 Å². The van der Waals surface area contributed by atoms with E-state index in [4.69, 9.17) is 4.74 Å². The van der Waals surface area contributed by atoms with E-state index >= 15 is 0 Å². The molecule has 10 heteroatoms. The third-order valence-corrected chi connectivity index (χ3v) is 12.4. The number of rotatable bonds is 6. The summed E-state index contributed by atoms with van der Waals surface area (Å²) in [6.07, 6.45) is 6.72. The number of carbonyl (C=O) groups excluding carboxylic acids is 2. The highest BCUT2D eigenvalue weighted by molar-refractivity contribution is 7.81. The van der Waals surface area contributed by atoms with Gasteiger partial charge in [-0.2, -0.15) is 0 Å². The number of piperazine rings is 1. The van der Waals surface area contributed by atoms with Crippen LogP contribution in [0.2, 0.25) is 0 Å². The van der Waals surface area contributed by atoms with Crippen LogP contribution in [-0.2, 0) is 22.5 Å². The lowest BCUT2D eigenvalue weighted by atomic mass is 9.81. The van der Waals surface area contributed by atoms with Gasteiger partial charge in [0.2, 0.25) is 5.91 Å². The van der Waals surface area contributed by atoms with Gasteiger partial charge in [-0.05, 0) is 87.5 Å². The van der Waals surface area contributed by atoms with Gasteiger partial charge < -0.3 is 14.2 Å². The van der Waals surface area contributed by atoms with Crippen LogP contribution in [0.1, 0.15) is 85.7 Å². The highest BCUT2D eigenvalue weighted by Gasteiger charge is 2.64. The Morgan fingerprint density at radius 3 is 2.41 bits per heavy atom. The first kappa shape index (κ1) is 31.4.